The molecule has 2 bridgehead atoms. The maximum absolute atomic E-state index is 3.75. The predicted molar refractivity (Wildman–Crippen MR) is 74.2 cm³/mol. The highest BCUT2D eigenvalue weighted by atomic mass is 15.2. The van der Waals surface area contributed by atoms with Gasteiger partial charge in [0, 0.05) is 18.1 Å². The molecule has 17 heavy (non-hydrogen) atoms. The first kappa shape index (κ1) is 13.4. The number of piperidine rings is 1. The van der Waals surface area contributed by atoms with E-state index in [-0.39, 0.29) is 0 Å². The summed E-state index contributed by atoms with van der Waals surface area (Å²) in [5, 5.41) is 3.75. The molecule has 0 aliphatic carbocycles. The Labute approximate surface area is 107 Å². The van der Waals surface area contributed by atoms with E-state index in [9.17, 15) is 0 Å². The van der Waals surface area contributed by atoms with E-state index in [1.807, 2.05) is 0 Å². The number of rotatable bonds is 5. The van der Waals surface area contributed by atoms with Crippen molar-refractivity contribution in [3.8, 4) is 0 Å². The van der Waals surface area contributed by atoms with Crippen molar-refractivity contribution in [2.75, 3.05) is 13.6 Å². The summed E-state index contributed by atoms with van der Waals surface area (Å²) in [6, 6.07) is 2.47. The molecule has 2 rings (SSSR count). The lowest BCUT2D eigenvalue weighted by atomic mass is 9.90. The zero-order valence-electron chi connectivity index (χ0n) is 12.1. The summed E-state index contributed by atoms with van der Waals surface area (Å²) in [5.74, 6) is 1.74. The van der Waals surface area contributed by atoms with Gasteiger partial charge in [0.05, 0.1) is 0 Å². The van der Waals surface area contributed by atoms with Crippen LogP contribution >= 0.6 is 0 Å². The molecule has 2 aliphatic heterocycles. The molecule has 0 saturated carbocycles. The first-order valence-corrected chi connectivity index (χ1v) is 7.51. The van der Waals surface area contributed by atoms with Crippen molar-refractivity contribution in [1.29, 1.82) is 0 Å². The maximum atomic E-state index is 3.75. The Morgan fingerprint density at radius 3 is 2.24 bits per heavy atom. The fraction of sp³-hybridized carbons (Fsp3) is 1.00. The van der Waals surface area contributed by atoms with Crippen LogP contribution in [0.5, 0.6) is 0 Å². The topological polar surface area (TPSA) is 15.3 Å². The number of hydrogen-bond donors (Lipinski definition) is 1. The molecular formula is C15H30N2. The normalized spacial score (nSPS) is 35.5. The Morgan fingerprint density at radius 2 is 1.71 bits per heavy atom. The lowest BCUT2D eigenvalue weighted by molar-refractivity contribution is 0.131. The Kier molecular flexibility index (Phi) is 4.48. The summed E-state index contributed by atoms with van der Waals surface area (Å²) in [7, 11) is 2.33. The van der Waals surface area contributed by atoms with Gasteiger partial charge in [-0.3, -0.25) is 0 Å². The Balaban J connectivity index is 1.71. The van der Waals surface area contributed by atoms with Gasteiger partial charge >= 0.3 is 0 Å². The minimum Gasteiger partial charge on any atom is -0.314 e. The molecule has 2 heterocycles. The van der Waals surface area contributed by atoms with Crippen molar-refractivity contribution in [3.05, 3.63) is 0 Å². The summed E-state index contributed by atoms with van der Waals surface area (Å²) in [6.45, 7) is 8.21. The summed E-state index contributed by atoms with van der Waals surface area (Å²) in [6.07, 6.45) is 7.04. The Bertz CT molecular complexity index is 225. The Hall–Kier alpha value is -0.0800. The average Bonchev–Trinajstić information content (AvgIpc) is 2.51. The average molecular weight is 238 g/mol. The Morgan fingerprint density at radius 1 is 1.12 bits per heavy atom. The highest BCUT2D eigenvalue weighted by Gasteiger charge is 2.38. The molecule has 2 nitrogen and oxygen atoms in total. The predicted octanol–water partition coefficient (Wildman–Crippen LogP) is 2.88. The minimum absolute atomic E-state index is 0.687. The molecule has 0 radical (unpaired) electrons. The molecule has 0 aromatic carbocycles. The molecule has 2 saturated heterocycles. The van der Waals surface area contributed by atoms with E-state index in [4.69, 9.17) is 0 Å². The molecule has 3 atom stereocenters. The zero-order chi connectivity index (χ0) is 12.4. The summed E-state index contributed by atoms with van der Waals surface area (Å²) in [5.41, 5.74) is 0. The summed E-state index contributed by atoms with van der Waals surface area (Å²) >= 11 is 0. The third kappa shape index (κ3) is 3.45. The van der Waals surface area contributed by atoms with Crippen LogP contribution in [0.25, 0.3) is 0 Å². The van der Waals surface area contributed by atoms with Gasteiger partial charge in [-0.2, -0.15) is 0 Å². The first-order valence-electron chi connectivity index (χ1n) is 7.51. The fourth-order valence-corrected chi connectivity index (χ4v) is 3.85. The summed E-state index contributed by atoms with van der Waals surface area (Å²) in [4.78, 5) is 2.63. The molecule has 0 aromatic heterocycles. The maximum Gasteiger partial charge on any atom is 0.00988 e. The van der Waals surface area contributed by atoms with E-state index in [2.05, 4.69) is 38.0 Å². The van der Waals surface area contributed by atoms with Crippen LogP contribution in [-0.4, -0.2) is 36.6 Å². The van der Waals surface area contributed by atoms with Crippen LogP contribution in [0.15, 0.2) is 0 Å². The minimum atomic E-state index is 0.687. The molecule has 0 aromatic rings. The van der Waals surface area contributed by atoms with E-state index in [0.29, 0.717) is 6.04 Å². The first-order chi connectivity index (χ1) is 8.06. The van der Waals surface area contributed by atoms with Crippen LogP contribution < -0.4 is 5.32 Å². The molecular weight excluding hydrogens is 208 g/mol. The van der Waals surface area contributed by atoms with Crippen molar-refractivity contribution >= 4 is 0 Å². The molecule has 100 valence electrons. The van der Waals surface area contributed by atoms with Crippen LogP contribution in [0, 0.1) is 11.8 Å². The van der Waals surface area contributed by atoms with Crippen LogP contribution in [0.4, 0.5) is 0 Å². The third-order valence-corrected chi connectivity index (χ3v) is 4.78. The number of hydrogen-bond acceptors (Lipinski definition) is 2. The van der Waals surface area contributed by atoms with E-state index >= 15 is 0 Å². The monoisotopic (exact) mass is 238 g/mol. The largest absolute Gasteiger partial charge is 0.314 e. The zero-order valence-corrected chi connectivity index (χ0v) is 12.1. The second-order valence-corrected chi connectivity index (χ2v) is 6.83. The summed E-state index contributed by atoms with van der Waals surface area (Å²) < 4.78 is 0. The van der Waals surface area contributed by atoms with Gasteiger partial charge in [0.1, 0.15) is 0 Å². The van der Waals surface area contributed by atoms with Crippen LogP contribution in [0.1, 0.15) is 52.9 Å². The van der Waals surface area contributed by atoms with Gasteiger partial charge in [0.25, 0.3) is 0 Å². The van der Waals surface area contributed by atoms with Crippen molar-refractivity contribution in [2.45, 2.75) is 71.0 Å². The molecule has 2 aliphatic rings. The van der Waals surface area contributed by atoms with Crippen molar-refractivity contribution in [2.24, 2.45) is 11.8 Å². The van der Waals surface area contributed by atoms with Gasteiger partial charge in [0.2, 0.25) is 0 Å². The van der Waals surface area contributed by atoms with Gasteiger partial charge in [-0.1, -0.05) is 13.8 Å². The van der Waals surface area contributed by atoms with Crippen LogP contribution in [0.3, 0.4) is 0 Å². The molecule has 0 amide bonds. The van der Waals surface area contributed by atoms with Gasteiger partial charge < -0.3 is 10.2 Å². The standard InChI is InChI=1S/C15H30N2/c1-11(2)7-12(3)16-10-13-8-14-5-6-15(9-13)17(14)4/h11-16H,5-10H2,1-4H3. The molecule has 3 unspecified atom stereocenters. The van der Waals surface area contributed by atoms with E-state index in [1.54, 1.807) is 0 Å². The van der Waals surface area contributed by atoms with Gasteiger partial charge in [-0.25, -0.2) is 0 Å². The lowest BCUT2D eigenvalue weighted by Crippen LogP contribution is -2.43. The van der Waals surface area contributed by atoms with Crippen LogP contribution in [0.2, 0.25) is 0 Å². The molecule has 0 spiro atoms. The SMILES string of the molecule is CC(C)CC(C)NCC1CC2CCC(C1)N2C. The van der Waals surface area contributed by atoms with Crippen molar-refractivity contribution in [3.63, 3.8) is 0 Å². The number of fused-ring (bicyclic) bond motifs is 2. The fourth-order valence-electron chi connectivity index (χ4n) is 3.85. The third-order valence-electron chi connectivity index (χ3n) is 4.78. The van der Waals surface area contributed by atoms with Gasteiger partial charge in [-0.15, -0.1) is 0 Å². The van der Waals surface area contributed by atoms with Crippen molar-refractivity contribution < 1.29 is 0 Å². The smallest absolute Gasteiger partial charge is 0.00988 e. The van der Waals surface area contributed by atoms with Gasteiger partial charge in [-0.05, 0) is 64.5 Å². The lowest BCUT2D eigenvalue weighted by Gasteiger charge is -2.37. The second-order valence-electron chi connectivity index (χ2n) is 6.83. The molecule has 2 fully saturated rings. The highest BCUT2D eigenvalue weighted by Crippen LogP contribution is 2.37. The molecule has 2 heteroatoms. The van der Waals surface area contributed by atoms with E-state index < -0.39 is 0 Å². The number of nitrogens with one attached hydrogen (secondary N) is 1. The highest BCUT2D eigenvalue weighted by molar-refractivity contribution is 4.93. The number of nitrogens with zero attached hydrogens (tertiary/aromatic N) is 1. The van der Waals surface area contributed by atoms with Crippen molar-refractivity contribution in [1.82, 2.24) is 10.2 Å². The molecule has 1 N–H and O–H groups in total. The van der Waals surface area contributed by atoms with Crippen LogP contribution in [-0.2, 0) is 0 Å². The van der Waals surface area contributed by atoms with Gasteiger partial charge in [0.15, 0.2) is 0 Å². The second kappa shape index (κ2) is 5.71. The quantitative estimate of drug-likeness (QED) is 0.792. The van der Waals surface area contributed by atoms with E-state index in [1.165, 1.54) is 38.6 Å². The van der Waals surface area contributed by atoms with E-state index in [0.717, 1.165) is 23.9 Å².